The molecule has 0 radical (unpaired) electrons. The molecule has 2 aromatic rings. The van der Waals surface area contributed by atoms with Crippen molar-refractivity contribution >= 4 is 17.4 Å². The molecule has 7 nitrogen and oxygen atoms in total. The number of rotatable bonds is 4. The van der Waals surface area contributed by atoms with Gasteiger partial charge in [0.2, 0.25) is 0 Å². The van der Waals surface area contributed by atoms with E-state index in [1.807, 2.05) is 30.3 Å². The summed E-state index contributed by atoms with van der Waals surface area (Å²) in [6.45, 7) is 1.83. The van der Waals surface area contributed by atoms with Crippen LogP contribution in [-0.2, 0) is 14.3 Å². The Kier molecular flexibility index (Phi) is 5.11. The summed E-state index contributed by atoms with van der Waals surface area (Å²) < 4.78 is 16.9. The zero-order valence-corrected chi connectivity index (χ0v) is 17.0. The normalized spacial score (nSPS) is 24.6. The lowest BCUT2D eigenvalue weighted by molar-refractivity contribution is -0.140. The molecule has 7 heteroatoms. The number of hydrogen-bond donors (Lipinski definition) is 1. The van der Waals surface area contributed by atoms with Crippen LogP contribution in [0, 0.1) is 0 Å². The van der Waals surface area contributed by atoms with E-state index >= 15 is 0 Å². The molecular formula is C24H23NO6. The fraction of sp³-hybridized carbons (Fsp3) is 0.333. The number of aliphatic hydroxyl groups is 1. The molecule has 160 valence electrons. The number of carbonyl (C=O) groups excluding carboxylic acids is 2. The number of benzene rings is 2. The van der Waals surface area contributed by atoms with E-state index in [0.29, 0.717) is 43.4 Å². The van der Waals surface area contributed by atoms with Crippen molar-refractivity contribution in [3.8, 4) is 11.5 Å². The molecule has 2 saturated heterocycles. The van der Waals surface area contributed by atoms with Gasteiger partial charge in [0.15, 0.2) is 11.5 Å². The monoisotopic (exact) mass is 421 g/mol. The number of ether oxygens (including phenoxy) is 3. The molecule has 3 aliphatic rings. The van der Waals surface area contributed by atoms with E-state index in [0.717, 1.165) is 18.4 Å². The Morgan fingerprint density at radius 3 is 2.52 bits per heavy atom. The second-order valence-corrected chi connectivity index (χ2v) is 7.86. The molecule has 31 heavy (non-hydrogen) atoms. The average Bonchev–Trinajstić information content (AvgIpc) is 3.41. The number of ketones is 1. The maximum Gasteiger partial charge on any atom is 0.295 e. The van der Waals surface area contributed by atoms with E-state index in [1.54, 1.807) is 18.2 Å². The van der Waals surface area contributed by atoms with Crippen LogP contribution in [0.25, 0.3) is 5.76 Å². The zero-order chi connectivity index (χ0) is 21.4. The molecule has 0 aromatic heterocycles. The van der Waals surface area contributed by atoms with Crippen molar-refractivity contribution in [1.29, 1.82) is 0 Å². The quantitative estimate of drug-likeness (QED) is 0.464. The van der Waals surface area contributed by atoms with Crippen LogP contribution < -0.4 is 9.47 Å². The molecule has 0 bridgehead atoms. The largest absolute Gasteiger partial charge is 0.507 e. The lowest BCUT2D eigenvalue weighted by atomic mass is 9.95. The van der Waals surface area contributed by atoms with Crippen molar-refractivity contribution in [2.75, 3.05) is 26.4 Å². The van der Waals surface area contributed by atoms with Gasteiger partial charge in [-0.3, -0.25) is 9.59 Å². The SMILES string of the molecule is O=C1C(=O)N(CC2CCCO2)C(c2ccccc2)/C1=C(/O)c1ccc2c(c1)OCCO2. The summed E-state index contributed by atoms with van der Waals surface area (Å²) in [6, 6.07) is 13.6. The first-order valence-corrected chi connectivity index (χ1v) is 10.5. The average molecular weight is 421 g/mol. The topological polar surface area (TPSA) is 85.3 Å². The Labute approximate surface area is 179 Å². The number of fused-ring (bicyclic) bond motifs is 1. The minimum atomic E-state index is -0.695. The minimum Gasteiger partial charge on any atom is -0.507 e. The lowest BCUT2D eigenvalue weighted by Gasteiger charge is -2.27. The van der Waals surface area contributed by atoms with Crippen molar-refractivity contribution in [3.05, 3.63) is 65.2 Å². The van der Waals surface area contributed by atoms with Gasteiger partial charge in [0, 0.05) is 18.7 Å². The van der Waals surface area contributed by atoms with Gasteiger partial charge in [-0.2, -0.15) is 0 Å². The molecule has 2 aromatic carbocycles. The molecule has 1 amide bonds. The molecular weight excluding hydrogens is 398 g/mol. The van der Waals surface area contributed by atoms with Crippen LogP contribution in [0.1, 0.15) is 30.0 Å². The van der Waals surface area contributed by atoms with Gasteiger partial charge in [-0.25, -0.2) is 0 Å². The number of carbonyl (C=O) groups is 2. The Morgan fingerprint density at radius 1 is 1.00 bits per heavy atom. The Hall–Kier alpha value is -3.32. The second kappa shape index (κ2) is 8.07. The van der Waals surface area contributed by atoms with Crippen LogP contribution >= 0.6 is 0 Å². The molecule has 2 unspecified atom stereocenters. The molecule has 2 atom stereocenters. The van der Waals surface area contributed by atoms with Gasteiger partial charge in [-0.05, 0) is 36.6 Å². The number of Topliss-reactive ketones (excluding diaryl/α,β-unsaturated/α-hetero) is 1. The zero-order valence-electron chi connectivity index (χ0n) is 17.0. The van der Waals surface area contributed by atoms with E-state index in [-0.39, 0.29) is 17.4 Å². The van der Waals surface area contributed by atoms with Crippen molar-refractivity contribution < 1.29 is 28.9 Å². The molecule has 3 aliphatic heterocycles. The van der Waals surface area contributed by atoms with Crippen LogP contribution in [0.5, 0.6) is 11.5 Å². The predicted octanol–water partition coefficient (Wildman–Crippen LogP) is 3.06. The van der Waals surface area contributed by atoms with E-state index in [2.05, 4.69) is 0 Å². The van der Waals surface area contributed by atoms with Crippen LogP contribution in [-0.4, -0.2) is 54.2 Å². The molecule has 3 heterocycles. The van der Waals surface area contributed by atoms with Gasteiger partial charge in [0.05, 0.1) is 17.7 Å². The summed E-state index contributed by atoms with van der Waals surface area (Å²) in [6.07, 6.45) is 1.66. The van der Waals surface area contributed by atoms with E-state index < -0.39 is 17.7 Å². The maximum absolute atomic E-state index is 13.1. The van der Waals surface area contributed by atoms with Gasteiger partial charge < -0.3 is 24.2 Å². The summed E-state index contributed by atoms with van der Waals surface area (Å²) in [5.41, 5.74) is 1.24. The Balaban J connectivity index is 1.59. The predicted molar refractivity (Wildman–Crippen MR) is 112 cm³/mol. The molecule has 0 aliphatic carbocycles. The summed E-state index contributed by atoms with van der Waals surface area (Å²) in [7, 11) is 0. The lowest BCUT2D eigenvalue weighted by Crippen LogP contribution is -2.36. The van der Waals surface area contributed by atoms with Crippen LogP contribution in [0.2, 0.25) is 0 Å². The highest BCUT2D eigenvalue weighted by atomic mass is 16.6. The molecule has 1 N–H and O–H groups in total. The van der Waals surface area contributed by atoms with E-state index in [1.165, 1.54) is 4.90 Å². The minimum absolute atomic E-state index is 0.0749. The third-order valence-corrected chi connectivity index (χ3v) is 5.90. The Morgan fingerprint density at radius 2 is 1.77 bits per heavy atom. The van der Waals surface area contributed by atoms with Crippen molar-refractivity contribution in [3.63, 3.8) is 0 Å². The third kappa shape index (κ3) is 3.55. The fourth-order valence-electron chi connectivity index (χ4n) is 4.40. The summed E-state index contributed by atoms with van der Waals surface area (Å²) in [4.78, 5) is 27.6. The highest BCUT2D eigenvalue weighted by Crippen LogP contribution is 2.41. The number of aliphatic hydroxyl groups excluding tert-OH is 1. The van der Waals surface area contributed by atoms with E-state index in [9.17, 15) is 14.7 Å². The number of likely N-dealkylation sites (tertiary alicyclic amines) is 1. The summed E-state index contributed by atoms with van der Waals surface area (Å²) in [5, 5.41) is 11.2. The van der Waals surface area contributed by atoms with Gasteiger partial charge in [0.25, 0.3) is 11.7 Å². The van der Waals surface area contributed by atoms with E-state index in [4.69, 9.17) is 14.2 Å². The van der Waals surface area contributed by atoms with Gasteiger partial charge >= 0.3 is 0 Å². The molecule has 2 fully saturated rings. The first kappa shape index (κ1) is 19.6. The Bertz CT molecular complexity index is 1040. The van der Waals surface area contributed by atoms with Crippen molar-refractivity contribution in [2.24, 2.45) is 0 Å². The molecule has 0 spiro atoms. The second-order valence-electron chi connectivity index (χ2n) is 7.86. The number of amides is 1. The molecule has 0 saturated carbocycles. The highest BCUT2D eigenvalue weighted by molar-refractivity contribution is 6.46. The molecule has 5 rings (SSSR count). The number of nitrogens with zero attached hydrogens (tertiary/aromatic N) is 1. The van der Waals surface area contributed by atoms with Gasteiger partial charge in [-0.15, -0.1) is 0 Å². The first-order chi connectivity index (χ1) is 15.1. The van der Waals surface area contributed by atoms with Gasteiger partial charge in [-0.1, -0.05) is 30.3 Å². The highest BCUT2D eigenvalue weighted by Gasteiger charge is 2.47. The van der Waals surface area contributed by atoms with Crippen LogP contribution in [0.3, 0.4) is 0 Å². The standard InChI is InChI=1S/C24H23NO6/c26-22(16-8-9-18-19(13-16)31-12-11-30-18)20-21(15-5-2-1-3-6-15)25(24(28)23(20)27)14-17-7-4-10-29-17/h1-3,5-6,8-9,13,17,21,26H,4,7,10-12,14H2/b22-20-. The van der Waals surface area contributed by atoms with Crippen LogP contribution in [0.4, 0.5) is 0 Å². The van der Waals surface area contributed by atoms with Crippen LogP contribution in [0.15, 0.2) is 54.1 Å². The number of hydrogen-bond acceptors (Lipinski definition) is 6. The van der Waals surface area contributed by atoms with Crippen molar-refractivity contribution in [1.82, 2.24) is 4.90 Å². The third-order valence-electron chi connectivity index (χ3n) is 5.90. The smallest absolute Gasteiger partial charge is 0.295 e. The summed E-state index contributed by atoms with van der Waals surface area (Å²) in [5.74, 6) is -0.455. The van der Waals surface area contributed by atoms with Gasteiger partial charge in [0.1, 0.15) is 19.0 Å². The fourth-order valence-corrected chi connectivity index (χ4v) is 4.40. The summed E-state index contributed by atoms with van der Waals surface area (Å²) >= 11 is 0. The first-order valence-electron chi connectivity index (χ1n) is 10.5. The van der Waals surface area contributed by atoms with Crippen molar-refractivity contribution in [2.45, 2.75) is 25.0 Å². The maximum atomic E-state index is 13.1.